The lowest BCUT2D eigenvalue weighted by Crippen LogP contribution is -2.34. The number of carbonyl (C=O) groups excluding carboxylic acids is 2. The Labute approximate surface area is 152 Å². The number of phenols is 1. The third-order valence-electron chi connectivity index (χ3n) is 4.81. The highest BCUT2D eigenvalue weighted by molar-refractivity contribution is 6.03. The quantitative estimate of drug-likeness (QED) is 0.806. The molecule has 6 heteroatoms. The molecule has 0 aromatic heterocycles. The normalized spacial score (nSPS) is 19.8. The van der Waals surface area contributed by atoms with Crippen molar-refractivity contribution in [3.05, 3.63) is 46.3 Å². The fourth-order valence-corrected chi connectivity index (χ4v) is 3.67. The summed E-state index contributed by atoms with van der Waals surface area (Å²) in [5.41, 5.74) is 3.30. The molecule has 3 rings (SSSR count). The van der Waals surface area contributed by atoms with E-state index < -0.39 is 11.9 Å². The zero-order valence-electron chi connectivity index (χ0n) is 15.2. The van der Waals surface area contributed by atoms with Crippen LogP contribution in [0.4, 0.5) is 0 Å². The predicted octanol–water partition coefficient (Wildman–Crippen LogP) is 2.93. The molecule has 0 radical (unpaired) electrons. The number of ketones is 1. The fourth-order valence-electron chi connectivity index (χ4n) is 3.67. The second kappa shape index (κ2) is 7.23. The Bertz CT molecular complexity index is 821. The maximum Gasteiger partial charge on any atom is 0.336 e. The van der Waals surface area contributed by atoms with Crippen LogP contribution in [0.1, 0.15) is 44.6 Å². The molecule has 0 amide bonds. The molecule has 1 aromatic carbocycles. The Morgan fingerprint density at radius 1 is 1.35 bits per heavy atom. The standard InChI is InChI=1S/C20H23NO5/c1-4-26-20(24)17-11(2)21-13-6-5-7-15(23)19(13)18(17)12-8-9-14(22)16(10-12)25-3/h8-10,18,21-22H,4-7H2,1-3H3/t18-/m1/s1. The molecule has 1 heterocycles. The van der Waals surface area contributed by atoms with E-state index in [0.717, 1.165) is 18.5 Å². The van der Waals surface area contributed by atoms with Gasteiger partial charge in [0.05, 0.1) is 19.3 Å². The molecule has 1 aliphatic carbocycles. The largest absolute Gasteiger partial charge is 0.504 e. The van der Waals surface area contributed by atoms with Crippen molar-refractivity contribution in [1.82, 2.24) is 5.32 Å². The SMILES string of the molecule is CCOC(=O)C1=C(C)NC2=C(C(=O)CCC2)[C@@H]1c1ccc(O)c(OC)c1. The molecule has 1 aliphatic heterocycles. The van der Waals surface area contributed by atoms with E-state index in [4.69, 9.17) is 9.47 Å². The Kier molecular flexibility index (Phi) is 5.02. The molecule has 6 nitrogen and oxygen atoms in total. The van der Waals surface area contributed by atoms with Crippen LogP contribution in [0.25, 0.3) is 0 Å². The van der Waals surface area contributed by atoms with Gasteiger partial charge in [-0.25, -0.2) is 4.79 Å². The van der Waals surface area contributed by atoms with Gasteiger partial charge in [0.1, 0.15) is 0 Å². The molecule has 2 N–H and O–H groups in total. The summed E-state index contributed by atoms with van der Waals surface area (Å²) < 4.78 is 10.5. The van der Waals surface area contributed by atoms with Gasteiger partial charge in [0, 0.05) is 29.3 Å². The third-order valence-corrected chi connectivity index (χ3v) is 4.81. The van der Waals surface area contributed by atoms with Crippen LogP contribution in [0.15, 0.2) is 40.7 Å². The van der Waals surface area contributed by atoms with Crippen molar-refractivity contribution in [2.24, 2.45) is 0 Å². The van der Waals surface area contributed by atoms with Crippen molar-refractivity contribution in [2.75, 3.05) is 13.7 Å². The summed E-state index contributed by atoms with van der Waals surface area (Å²) in [6.07, 6.45) is 2.01. The van der Waals surface area contributed by atoms with Gasteiger partial charge in [-0.2, -0.15) is 0 Å². The van der Waals surface area contributed by atoms with E-state index in [0.29, 0.717) is 34.6 Å². The minimum absolute atomic E-state index is 0.00717. The molecule has 2 aliphatic rings. The second-order valence-electron chi connectivity index (χ2n) is 6.42. The molecular weight excluding hydrogens is 334 g/mol. The summed E-state index contributed by atoms with van der Waals surface area (Å²) in [5.74, 6) is -0.641. The van der Waals surface area contributed by atoms with Crippen LogP contribution in [-0.4, -0.2) is 30.6 Å². The fraction of sp³-hybridized carbons (Fsp3) is 0.400. The molecule has 0 unspecified atom stereocenters. The minimum Gasteiger partial charge on any atom is -0.504 e. The molecule has 1 aromatic rings. The number of carbonyl (C=O) groups is 2. The number of allylic oxidation sites excluding steroid dienone is 3. The molecule has 0 spiro atoms. The number of esters is 1. The number of nitrogens with one attached hydrogen (secondary N) is 1. The predicted molar refractivity (Wildman–Crippen MR) is 95.8 cm³/mol. The van der Waals surface area contributed by atoms with Crippen molar-refractivity contribution in [2.45, 2.75) is 39.0 Å². The van der Waals surface area contributed by atoms with Gasteiger partial charge < -0.3 is 19.9 Å². The van der Waals surface area contributed by atoms with Crippen LogP contribution in [0.5, 0.6) is 11.5 Å². The van der Waals surface area contributed by atoms with E-state index in [1.807, 2.05) is 6.92 Å². The lowest BCUT2D eigenvalue weighted by Gasteiger charge is -2.34. The smallest absolute Gasteiger partial charge is 0.336 e. The van der Waals surface area contributed by atoms with Gasteiger partial charge in [0.25, 0.3) is 0 Å². The first-order chi connectivity index (χ1) is 12.5. The molecular formula is C20H23NO5. The number of benzene rings is 1. The Balaban J connectivity index is 2.18. The first-order valence-corrected chi connectivity index (χ1v) is 8.76. The van der Waals surface area contributed by atoms with Crippen molar-refractivity contribution in [3.8, 4) is 11.5 Å². The number of dihydropyridines is 1. The zero-order valence-corrected chi connectivity index (χ0v) is 15.2. The van der Waals surface area contributed by atoms with Gasteiger partial charge in [-0.3, -0.25) is 4.79 Å². The van der Waals surface area contributed by atoms with Crippen LogP contribution >= 0.6 is 0 Å². The van der Waals surface area contributed by atoms with E-state index in [2.05, 4.69) is 5.32 Å². The van der Waals surface area contributed by atoms with Crippen molar-refractivity contribution < 1.29 is 24.2 Å². The molecule has 138 valence electrons. The van der Waals surface area contributed by atoms with Crippen LogP contribution in [0, 0.1) is 0 Å². The van der Waals surface area contributed by atoms with Crippen LogP contribution in [-0.2, 0) is 14.3 Å². The second-order valence-corrected chi connectivity index (χ2v) is 6.42. The van der Waals surface area contributed by atoms with E-state index in [1.54, 1.807) is 19.1 Å². The maximum absolute atomic E-state index is 12.7. The topological polar surface area (TPSA) is 84.9 Å². The van der Waals surface area contributed by atoms with Crippen LogP contribution in [0.2, 0.25) is 0 Å². The average molecular weight is 357 g/mol. The van der Waals surface area contributed by atoms with E-state index in [1.165, 1.54) is 13.2 Å². The number of phenolic OH excluding ortho intramolecular Hbond substituents is 1. The lowest BCUT2D eigenvalue weighted by molar-refractivity contribution is -0.138. The first kappa shape index (κ1) is 18.0. The highest BCUT2D eigenvalue weighted by atomic mass is 16.5. The van der Waals surface area contributed by atoms with Crippen LogP contribution < -0.4 is 10.1 Å². The van der Waals surface area contributed by atoms with E-state index in [9.17, 15) is 14.7 Å². The molecule has 1 atom stereocenters. The number of hydrogen-bond acceptors (Lipinski definition) is 6. The lowest BCUT2D eigenvalue weighted by atomic mass is 9.75. The Hall–Kier alpha value is -2.76. The highest BCUT2D eigenvalue weighted by Crippen LogP contribution is 2.44. The summed E-state index contributed by atoms with van der Waals surface area (Å²) in [6.45, 7) is 3.82. The monoisotopic (exact) mass is 357 g/mol. The summed E-state index contributed by atoms with van der Waals surface area (Å²) in [6, 6.07) is 4.90. The summed E-state index contributed by atoms with van der Waals surface area (Å²) in [5, 5.41) is 13.1. The summed E-state index contributed by atoms with van der Waals surface area (Å²) >= 11 is 0. The Morgan fingerprint density at radius 2 is 2.12 bits per heavy atom. The van der Waals surface area contributed by atoms with Crippen molar-refractivity contribution in [3.63, 3.8) is 0 Å². The summed E-state index contributed by atoms with van der Waals surface area (Å²) in [4.78, 5) is 25.4. The average Bonchev–Trinajstić information content (AvgIpc) is 2.61. The number of Topliss-reactive ketones (excluding diaryl/α,β-unsaturated/α-hetero) is 1. The minimum atomic E-state index is -0.535. The summed E-state index contributed by atoms with van der Waals surface area (Å²) in [7, 11) is 1.46. The first-order valence-electron chi connectivity index (χ1n) is 8.76. The highest BCUT2D eigenvalue weighted by Gasteiger charge is 2.39. The molecule has 0 fully saturated rings. The number of methoxy groups -OCH3 is 1. The van der Waals surface area contributed by atoms with Gasteiger partial charge in [0.2, 0.25) is 0 Å². The number of hydrogen-bond donors (Lipinski definition) is 2. The maximum atomic E-state index is 12.7. The van der Waals surface area contributed by atoms with Crippen molar-refractivity contribution in [1.29, 1.82) is 0 Å². The van der Waals surface area contributed by atoms with Crippen molar-refractivity contribution >= 4 is 11.8 Å². The van der Waals surface area contributed by atoms with Gasteiger partial charge in [-0.15, -0.1) is 0 Å². The molecule has 0 saturated carbocycles. The Morgan fingerprint density at radius 3 is 2.81 bits per heavy atom. The number of aromatic hydroxyl groups is 1. The van der Waals surface area contributed by atoms with Gasteiger partial charge in [0.15, 0.2) is 17.3 Å². The van der Waals surface area contributed by atoms with Gasteiger partial charge in [-0.05, 0) is 44.4 Å². The molecule has 0 bridgehead atoms. The third kappa shape index (κ3) is 3.07. The van der Waals surface area contributed by atoms with E-state index in [-0.39, 0.29) is 18.1 Å². The van der Waals surface area contributed by atoms with Gasteiger partial charge in [-0.1, -0.05) is 6.07 Å². The van der Waals surface area contributed by atoms with Gasteiger partial charge >= 0.3 is 5.97 Å². The molecule has 0 saturated heterocycles. The number of ether oxygens (including phenoxy) is 2. The van der Waals surface area contributed by atoms with Crippen LogP contribution in [0.3, 0.4) is 0 Å². The zero-order chi connectivity index (χ0) is 18.8. The number of rotatable bonds is 4. The molecule has 26 heavy (non-hydrogen) atoms. The van der Waals surface area contributed by atoms with E-state index >= 15 is 0 Å².